The molecule has 0 saturated carbocycles. The highest BCUT2D eigenvalue weighted by Crippen LogP contribution is 2.18. The predicted molar refractivity (Wildman–Crippen MR) is 123 cm³/mol. The monoisotopic (exact) mass is 412 g/mol. The Morgan fingerprint density at radius 1 is 0.700 bits per heavy atom. The van der Waals surface area contributed by atoms with Gasteiger partial charge in [-0.05, 0) is 60.4 Å². The fraction of sp³-hybridized carbons (Fsp3) is 0.185. The molecule has 0 atom stereocenters. The average molecular weight is 413 g/mol. The average Bonchev–Trinajstić information content (AvgIpc) is 2.79. The van der Waals surface area contributed by atoms with Gasteiger partial charge in [0, 0.05) is 16.7 Å². The molecule has 0 aliphatic heterocycles. The first kappa shape index (κ1) is 21.4. The summed E-state index contributed by atoms with van der Waals surface area (Å²) in [7, 11) is -3.41. The summed E-state index contributed by atoms with van der Waals surface area (Å²) in [5.74, 6) is 12.3. The molecule has 0 radical (unpaired) electrons. The normalized spacial score (nSPS) is 10.5. The molecule has 3 heteroatoms. The summed E-state index contributed by atoms with van der Waals surface area (Å²) in [6, 6.07) is 22.5. The number of hydrogen-bond acceptors (Lipinski definition) is 2. The number of sulfone groups is 1. The zero-order chi connectivity index (χ0) is 21.4. The van der Waals surface area contributed by atoms with Gasteiger partial charge in [-0.1, -0.05) is 73.9 Å². The molecule has 150 valence electrons. The van der Waals surface area contributed by atoms with Crippen molar-refractivity contribution >= 4 is 9.84 Å². The van der Waals surface area contributed by atoms with Gasteiger partial charge >= 0.3 is 0 Å². The van der Waals surface area contributed by atoms with Gasteiger partial charge in [-0.3, -0.25) is 0 Å². The van der Waals surface area contributed by atoms with E-state index in [1.54, 1.807) is 30.3 Å². The first-order valence-corrected chi connectivity index (χ1v) is 11.7. The molecule has 0 unspecified atom stereocenters. The SMILES string of the molecule is CCc1cc(C#Cc2ccccc2)c(CC)cc1C#CCS(=O)(=O)c1ccccc1. The summed E-state index contributed by atoms with van der Waals surface area (Å²) in [6.45, 7) is 4.16. The minimum absolute atomic E-state index is 0.197. The van der Waals surface area contributed by atoms with E-state index in [1.165, 1.54) is 0 Å². The molecule has 3 aromatic rings. The largest absolute Gasteiger partial charge is 0.223 e. The van der Waals surface area contributed by atoms with Crippen LogP contribution in [0.2, 0.25) is 0 Å². The minimum Gasteiger partial charge on any atom is -0.223 e. The quantitative estimate of drug-likeness (QED) is 0.563. The van der Waals surface area contributed by atoms with Crippen LogP contribution < -0.4 is 0 Å². The van der Waals surface area contributed by atoms with Crippen LogP contribution in [0.1, 0.15) is 41.7 Å². The molecule has 2 nitrogen and oxygen atoms in total. The van der Waals surface area contributed by atoms with Crippen molar-refractivity contribution in [3.63, 3.8) is 0 Å². The molecule has 0 heterocycles. The zero-order valence-electron chi connectivity index (χ0n) is 17.3. The fourth-order valence-electron chi connectivity index (χ4n) is 3.11. The third kappa shape index (κ3) is 5.41. The number of hydrogen-bond donors (Lipinski definition) is 0. The van der Waals surface area contributed by atoms with Crippen LogP contribution in [0.25, 0.3) is 0 Å². The molecule has 0 bridgehead atoms. The lowest BCUT2D eigenvalue weighted by Gasteiger charge is -2.08. The van der Waals surface area contributed by atoms with Crippen LogP contribution >= 0.6 is 0 Å². The van der Waals surface area contributed by atoms with Crippen LogP contribution in [0.5, 0.6) is 0 Å². The summed E-state index contributed by atoms with van der Waals surface area (Å²) in [5.41, 5.74) is 5.05. The first-order chi connectivity index (χ1) is 14.5. The standard InChI is InChI=1S/C27H24O2S/c1-3-23-21-26(18-17-22-12-7-5-8-13-22)24(4-2)20-25(23)14-11-19-30(28,29)27-15-9-6-10-16-27/h5-10,12-13,15-16,20-21H,3-4,19H2,1-2H3. The van der Waals surface area contributed by atoms with Crippen molar-refractivity contribution in [3.05, 3.63) is 101 Å². The third-order valence-electron chi connectivity index (χ3n) is 4.79. The third-order valence-corrected chi connectivity index (χ3v) is 6.31. The molecule has 30 heavy (non-hydrogen) atoms. The van der Waals surface area contributed by atoms with Gasteiger partial charge in [0.1, 0.15) is 5.75 Å². The van der Waals surface area contributed by atoms with Gasteiger partial charge in [-0.25, -0.2) is 8.42 Å². The zero-order valence-corrected chi connectivity index (χ0v) is 18.1. The van der Waals surface area contributed by atoms with Gasteiger partial charge in [0.25, 0.3) is 0 Å². The van der Waals surface area contributed by atoms with Gasteiger partial charge in [0.15, 0.2) is 9.84 Å². The topological polar surface area (TPSA) is 34.1 Å². The second-order valence-corrected chi connectivity index (χ2v) is 8.85. The van der Waals surface area contributed by atoms with E-state index < -0.39 is 9.84 Å². The van der Waals surface area contributed by atoms with Gasteiger partial charge < -0.3 is 0 Å². The lowest BCUT2D eigenvalue weighted by Crippen LogP contribution is -2.04. The maximum Gasteiger partial charge on any atom is 0.189 e. The Kier molecular flexibility index (Phi) is 7.12. The maximum atomic E-state index is 12.5. The van der Waals surface area contributed by atoms with Gasteiger partial charge in [-0.2, -0.15) is 0 Å². The summed E-state index contributed by atoms with van der Waals surface area (Å²) in [4.78, 5) is 0.302. The Bertz CT molecular complexity index is 1230. The number of rotatable bonds is 4. The molecule has 0 aromatic heterocycles. The molecule has 3 rings (SSSR count). The van der Waals surface area contributed by atoms with E-state index >= 15 is 0 Å². The van der Waals surface area contributed by atoms with E-state index in [4.69, 9.17) is 0 Å². The van der Waals surface area contributed by atoms with E-state index in [1.807, 2.05) is 30.3 Å². The molecule has 0 aliphatic carbocycles. The van der Waals surface area contributed by atoms with Crippen LogP contribution in [-0.2, 0) is 22.7 Å². The molecule has 0 spiro atoms. The Balaban J connectivity index is 1.90. The van der Waals surface area contributed by atoms with Crippen molar-refractivity contribution in [1.82, 2.24) is 0 Å². The van der Waals surface area contributed by atoms with Crippen LogP contribution in [0.3, 0.4) is 0 Å². The smallest absolute Gasteiger partial charge is 0.189 e. The second kappa shape index (κ2) is 9.97. The van der Waals surface area contributed by atoms with E-state index in [2.05, 4.69) is 49.7 Å². The van der Waals surface area contributed by atoms with Crippen molar-refractivity contribution < 1.29 is 8.42 Å². The highest BCUT2D eigenvalue weighted by Gasteiger charge is 2.12. The Hall–Kier alpha value is -3.27. The van der Waals surface area contributed by atoms with Gasteiger partial charge in [0.05, 0.1) is 4.90 Å². The lowest BCUT2D eigenvalue weighted by molar-refractivity contribution is 0.599. The lowest BCUT2D eigenvalue weighted by atomic mass is 9.95. The van der Waals surface area contributed by atoms with Crippen molar-refractivity contribution in [3.8, 4) is 23.7 Å². The molecule has 0 fully saturated rings. The second-order valence-electron chi connectivity index (χ2n) is 6.86. The molecule has 3 aromatic carbocycles. The highest BCUT2D eigenvalue weighted by molar-refractivity contribution is 7.91. The maximum absolute atomic E-state index is 12.5. The van der Waals surface area contributed by atoms with Crippen molar-refractivity contribution in [2.75, 3.05) is 5.75 Å². The molecule has 0 N–H and O–H groups in total. The van der Waals surface area contributed by atoms with Crippen molar-refractivity contribution in [2.24, 2.45) is 0 Å². The number of aryl methyl sites for hydroxylation is 2. The fourth-order valence-corrected chi connectivity index (χ4v) is 4.11. The van der Waals surface area contributed by atoms with Crippen LogP contribution in [0, 0.1) is 23.7 Å². The Morgan fingerprint density at radius 3 is 1.80 bits per heavy atom. The number of benzene rings is 3. The van der Waals surface area contributed by atoms with Crippen molar-refractivity contribution in [2.45, 2.75) is 31.6 Å². The van der Waals surface area contributed by atoms with E-state index in [0.29, 0.717) is 4.90 Å². The summed E-state index contributed by atoms with van der Waals surface area (Å²) < 4.78 is 24.9. The van der Waals surface area contributed by atoms with E-state index in [9.17, 15) is 8.42 Å². The van der Waals surface area contributed by atoms with E-state index in [0.717, 1.165) is 40.7 Å². The Labute approximate surface area is 179 Å². The molecule has 0 amide bonds. The highest BCUT2D eigenvalue weighted by atomic mass is 32.2. The van der Waals surface area contributed by atoms with Crippen LogP contribution in [0.15, 0.2) is 77.7 Å². The van der Waals surface area contributed by atoms with E-state index in [-0.39, 0.29) is 5.75 Å². The van der Waals surface area contributed by atoms with Gasteiger partial charge in [-0.15, -0.1) is 0 Å². The minimum atomic E-state index is -3.41. The molecule has 0 saturated heterocycles. The molecule has 0 aliphatic rings. The van der Waals surface area contributed by atoms with Crippen LogP contribution in [0.4, 0.5) is 0 Å². The summed E-state index contributed by atoms with van der Waals surface area (Å²) in [5, 5.41) is 0. The first-order valence-electron chi connectivity index (χ1n) is 10.0. The summed E-state index contributed by atoms with van der Waals surface area (Å²) in [6.07, 6.45) is 1.64. The van der Waals surface area contributed by atoms with Crippen LogP contribution in [-0.4, -0.2) is 14.2 Å². The summed E-state index contributed by atoms with van der Waals surface area (Å²) >= 11 is 0. The molecular formula is C27H24O2S. The predicted octanol–water partition coefficient (Wildman–Crippen LogP) is 5.04. The van der Waals surface area contributed by atoms with Crippen molar-refractivity contribution in [1.29, 1.82) is 0 Å². The Morgan fingerprint density at radius 2 is 1.23 bits per heavy atom. The molecular weight excluding hydrogens is 388 g/mol. The van der Waals surface area contributed by atoms with Gasteiger partial charge in [0.2, 0.25) is 0 Å².